The third kappa shape index (κ3) is 3.85. The van der Waals surface area contributed by atoms with E-state index in [1.165, 1.54) is 12.1 Å². The van der Waals surface area contributed by atoms with E-state index < -0.39 is 0 Å². The number of nitrogens with one attached hydrogen (secondary N) is 3. The highest BCUT2D eigenvalue weighted by molar-refractivity contribution is 5.78. The smallest absolute Gasteiger partial charge is 0.323 e. The zero-order valence-corrected chi connectivity index (χ0v) is 12.4. The van der Waals surface area contributed by atoms with Crippen LogP contribution in [0.25, 0.3) is 11.0 Å². The predicted molar refractivity (Wildman–Crippen MR) is 85.7 cm³/mol. The summed E-state index contributed by atoms with van der Waals surface area (Å²) in [5.74, 6) is -0.490. The lowest BCUT2D eigenvalue weighted by Gasteiger charge is -2.06. The summed E-state index contributed by atoms with van der Waals surface area (Å²) in [6, 6.07) is 11.6. The van der Waals surface area contributed by atoms with Crippen molar-refractivity contribution < 1.29 is 9.18 Å². The molecule has 23 heavy (non-hydrogen) atoms. The Hall–Kier alpha value is -2.89. The molecule has 0 atom stereocenters. The highest BCUT2D eigenvalue weighted by Crippen LogP contribution is 2.10. The van der Waals surface area contributed by atoms with Crippen LogP contribution in [-0.4, -0.2) is 22.4 Å². The van der Waals surface area contributed by atoms with Crippen LogP contribution in [0.3, 0.4) is 0 Å². The van der Waals surface area contributed by atoms with Gasteiger partial charge in [-0.1, -0.05) is 18.2 Å². The molecule has 0 radical (unpaired) electrons. The summed E-state index contributed by atoms with van der Waals surface area (Å²) in [6.45, 7) is 0.480. The molecule has 3 aromatic rings. The first-order chi connectivity index (χ1) is 11.1. The fourth-order valence-corrected chi connectivity index (χ4v) is 2.48. The minimum absolute atomic E-state index is 0.147. The van der Waals surface area contributed by atoms with Gasteiger partial charge in [0.05, 0.1) is 17.5 Å². The molecule has 0 spiro atoms. The number of carbonyl (C=O) groups is 1. The fraction of sp³-hybridized carbons (Fsp3) is 0.176. The Kier molecular flexibility index (Phi) is 4.23. The first-order valence-electron chi connectivity index (χ1n) is 7.32. The third-order valence-corrected chi connectivity index (χ3v) is 3.57. The molecule has 118 valence electrons. The molecule has 3 N–H and O–H groups in total. The molecule has 1 amide bonds. The highest BCUT2D eigenvalue weighted by atomic mass is 19.1. The van der Waals surface area contributed by atoms with Gasteiger partial charge in [0, 0.05) is 6.54 Å². The zero-order chi connectivity index (χ0) is 16.2. The van der Waals surface area contributed by atoms with Crippen molar-refractivity contribution in [2.75, 3.05) is 6.54 Å². The van der Waals surface area contributed by atoms with Crippen LogP contribution >= 0.6 is 0 Å². The first kappa shape index (κ1) is 15.0. The van der Waals surface area contributed by atoms with Crippen LogP contribution < -0.4 is 11.0 Å². The molecule has 1 heterocycles. The molecule has 2 aromatic carbocycles. The Balaban J connectivity index is 1.53. The maximum atomic E-state index is 13.1. The van der Waals surface area contributed by atoms with Crippen molar-refractivity contribution in [2.24, 2.45) is 0 Å². The van der Waals surface area contributed by atoms with Gasteiger partial charge in [-0.15, -0.1) is 0 Å². The van der Waals surface area contributed by atoms with Crippen LogP contribution in [0.2, 0.25) is 0 Å². The van der Waals surface area contributed by atoms with E-state index >= 15 is 0 Å². The normalized spacial score (nSPS) is 10.8. The molecule has 5 nitrogen and oxygen atoms in total. The summed E-state index contributed by atoms with van der Waals surface area (Å²) in [4.78, 5) is 28.4. The fourth-order valence-electron chi connectivity index (χ4n) is 2.48. The second-order valence-corrected chi connectivity index (χ2v) is 5.37. The maximum absolute atomic E-state index is 13.1. The van der Waals surface area contributed by atoms with E-state index in [2.05, 4.69) is 15.3 Å². The number of aromatic amines is 2. The van der Waals surface area contributed by atoms with Crippen molar-refractivity contribution in [3.63, 3.8) is 0 Å². The number of halogens is 1. The Morgan fingerprint density at radius 1 is 1.04 bits per heavy atom. The van der Waals surface area contributed by atoms with Gasteiger partial charge in [0.2, 0.25) is 5.91 Å². The first-order valence-corrected chi connectivity index (χ1v) is 7.32. The lowest BCUT2D eigenvalue weighted by atomic mass is 10.1. The van der Waals surface area contributed by atoms with Crippen molar-refractivity contribution in [1.82, 2.24) is 15.3 Å². The van der Waals surface area contributed by atoms with E-state index in [0.29, 0.717) is 18.5 Å². The van der Waals surface area contributed by atoms with Crippen LogP contribution in [-0.2, 0) is 17.6 Å². The summed E-state index contributed by atoms with van der Waals surface area (Å²) >= 11 is 0. The molecule has 0 aliphatic heterocycles. The minimum atomic E-state index is -0.343. The zero-order valence-electron chi connectivity index (χ0n) is 12.4. The van der Waals surface area contributed by atoms with Crippen molar-refractivity contribution in [3.05, 3.63) is 69.9 Å². The molecule has 0 aliphatic carbocycles. The number of rotatable bonds is 5. The standard InChI is InChI=1S/C17H16FN3O2/c18-13-3-1-2-12(8-13)10-16(22)19-7-6-11-4-5-14-15(9-11)21-17(23)20-14/h1-5,8-9H,6-7,10H2,(H,19,22)(H2,20,21,23). The van der Waals surface area contributed by atoms with Gasteiger partial charge in [-0.05, 0) is 41.8 Å². The minimum Gasteiger partial charge on any atom is -0.355 e. The largest absolute Gasteiger partial charge is 0.355 e. The van der Waals surface area contributed by atoms with Crippen LogP contribution in [0.1, 0.15) is 11.1 Å². The second-order valence-electron chi connectivity index (χ2n) is 5.37. The van der Waals surface area contributed by atoms with E-state index in [4.69, 9.17) is 0 Å². The summed E-state index contributed by atoms with van der Waals surface area (Å²) < 4.78 is 13.1. The van der Waals surface area contributed by atoms with E-state index in [1.54, 1.807) is 12.1 Å². The molecule has 6 heteroatoms. The lowest BCUT2D eigenvalue weighted by Crippen LogP contribution is -2.27. The van der Waals surface area contributed by atoms with Crippen molar-refractivity contribution in [2.45, 2.75) is 12.8 Å². The highest BCUT2D eigenvalue weighted by Gasteiger charge is 2.05. The van der Waals surface area contributed by atoms with Crippen LogP contribution in [0, 0.1) is 5.82 Å². The van der Waals surface area contributed by atoms with Gasteiger partial charge >= 0.3 is 5.69 Å². The quantitative estimate of drug-likeness (QED) is 0.673. The SMILES string of the molecule is O=C(Cc1cccc(F)c1)NCCc1ccc2[nH]c(=O)[nH]c2c1. The average Bonchev–Trinajstić information content (AvgIpc) is 2.86. The van der Waals surface area contributed by atoms with Gasteiger partial charge in [-0.25, -0.2) is 9.18 Å². The van der Waals surface area contributed by atoms with Crippen molar-refractivity contribution in [3.8, 4) is 0 Å². The number of hydrogen-bond donors (Lipinski definition) is 3. The van der Waals surface area contributed by atoms with E-state index in [9.17, 15) is 14.0 Å². The number of imidazole rings is 1. The number of aromatic nitrogens is 2. The number of H-pyrrole nitrogens is 2. The molecular weight excluding hydrogens is 297 g/mol. The van der Waals surface area contributed by atoms with E-state index in [1.807, 2.05) is 18.2 Å². The Labute approximate surface area is 131 Å². The Morgan fingerprint density at radius 3 is 2.70 bits per heavy atom. The Bertz CT molecular complexity index is 898. The summed E-state index contributed by atoms with van der Waals surface area (Å²) in [7, 11) is 0. The van der Waals surface area contributed by atoms with E-state index in [-0.39, 0.29) is 23.8 Å². The summed E-state index contributed by atoms with van der Waals surface area (Å²) in [5.41, 5.74) is 2.93. The summed E-state index contributed by atoms with van der Waals surface area (Å²) in [5, 5.41) is 2.81. The average molecular weight is 313 g/mol. The molecule has 0 unspecified atom stereocenters. The van der Waals surface area contributed by atoms with Crippen molar-refractivity contribution >= 4 is 16.9 Å². The topological polar surface area (TPSA) is 77.8 Å². The monoisotopic (exact) mass is 313 g/mol. The van der Waals surface area contributed by atoms with Gasteiger partial charge in [0.15, 0.2) is 0 Å². The van der Waals surface area contributed by atoms with Gasteiger partial charge < -0.3 is 15.3 Å². The molecular formula is C17H16FN3O2. The second kappa shape index (κ2) is 6.48. The van der Waals surface area contributed by atoms with Crippen LogP contribution in [0.4, 0.5) is 4.39 Å². The number of amides is 1. The molecule has 0 saturated carbocycles. The van der Waals surface area contributed by atoms with Gasteiger partial charge in [-0.2, -0.15) is 0 Å². The Morgan fingerprint density at radius 2 is 1.87 bits per heavy atom. The van der Waals surface area contributed by atoms with Crippen LogP contribution in [0.15, 0.2) is 47.3 Å². The third-order valence-electron chi connectivity index (χ3n) is 3.57. The number of carbonyl (C=O) groups excluding carboxylic acids is 1. The van der Waals surface area contributed by atoms with Gasteiger partial charge in [0.1, 0.15) is 5.82 Å². The van der Waals surface area contributed by atoms with Crippen LogP contribution in [0.5, 0.6) is 0 Å². The van der Waals surface area contributed by atoms with Crippen molar-refractivity contribution in [1.29, 1.82) is 0 Å². The molecule has 0 bridgehead atoms. The molecule has 3 rings (SSSR count). The maximum Gasteiger partial charge on any atom is 0.323 e. The number of benzene rings is 2. The molecule has 0 aliphatic rings. The molecule has 0 fully saturated rings. The summed E-state index contributed by atoms with van der Waals surface area (Å²) in [6.07, 6.45) is 0.806. The van der Waals surface area contributed by atoms with Gasteiger partial charge in [0.25, 0.3) is 0 Å². The molecule has 0 saturated heterocycles. The van der Waals surface area contributed by atoms with E-state index in [0.717, 1.165) is 16.6 Å². The predicted octanol–water partition coefficient (Wildman–Crippen LogP) is 1.90. The van der Waals surface area contributed by atoms with Gasteiger partial charge in [-0.3, -0.25) is 4.79 Å². The molecule has 1 aromatic heterocycles. The lowest BCUT2D eigenvalue weighted by molar-refractivity contribution is -0.120. The number of fused-ring (bicyclic) bond motifs is 1. The number of hydrogen-bond acceptors (Lipinski definition) is 2.